The van der Waals surface area contributed by atoms with E-state index < -0.39 is 16.1 Å². The summed E-state index contributed by atoms with van der Waals surface area (Å²) in [6, 6.07) is 22.8. The molecule has 0 aliphatic carbocycles. The van der Waals surface area contributed by atoms with Crippen LogP contribution in [0.25, 0.3) is 0 Å². The van der Waals surface area contributed by atoms with Gasteiger partial charge < -0.3 is 0 Å². The molecule has 0 aliphatic heterocycles. The van der Waals surface area contributed by atoms with Gasteiger partial charge in [0, 0.05) is 17.4 Å². The highest BCUT2D eigenvalue weighted by Crippen LogP contribution is 2.31. The van der Waals surface area contributed by atoms with E-state index in [1.807, 2.05) is 0 Å². The second-order valence-corrected chi connectivity index (χ2v) is 25.4. The van der Waals surface area contributed by atoms with Gasteiger partial charge in [-0.2, -0.15) is 0 Å². The zero-order valence-electron chi connectivity index (χ0n) is 15.4. The molecule has 0 saturated carbocycles. The van der Waals surface area contributed by atoms with Crippen LogP contribution in [0.5, 0.6) is 0 Å². The van der Waals surface area contributed by atoms with Gasteiger partial charge in [0.2, 0.25) is 0 Å². The van der Waals surface area contributed by atoms with Crippen molar-refractivity contribution in [2.45, 2.75) is 44.1 Å². The average molecular weight is 370 g/mol. The summed E-state index contributed by atoms with van der Waals surface area (Å²) in [5, 5.41) is 3.27. The number of hydrogen-bond acceptors (Lipinski definition) is 0. The van der Waals surface area contributed by atoms with Gasteiger partial charge >= 0.3 is 0 Å². The highest BCUT2D eigenvalue weighted by Gasteiger charge is 2.45. The standard InChI is InChI=1S/C19H29Si4/c1-21(2)20-19(22(3,4)17-13-9-7-10-14-17)23(5,6)18-15-11-8-12-16-18/h7-16,19H,1-6H3. The lowest BCUT2D eigenvalue weighted by Crippen LogP contribution is -2.63. The molecule has 2 aromatic carbocycles. The molecule has 0 spiro atoms. The second kappa shape index (κ2) is 7.47. The van der Waals surface area contributed by atoms with Crippen molar-refractivity contribution < 1.29 is 0 Å². The predicted molar refractivity (Wildman–Crippen MR) is 114 cm³/mol. The van der Waals surface area contributed by atoms with Crippen LogP contribution in [-0.4, -0.2) is 33.5 Å². The highest BCUT2D eigenvalue weighted by molar-refractivity contribution is 7.26. The maximum absolute atomic E-state index is 2.61. The zero-order chi connectivity index (χ0) is 17.1. The number of rotatable bonds is 6. The van der Waals surface area contributed by atoms with E-state index in [0.29, 0.717) is 0 Å². The topological polar surface area (TPSA) is 0 Å². The molecule has 0 heterocycles. The van der Waals surface area contributed by atoms with Gasteiger partial charge in [0.15, 0.2) is 0 Å². The quantitative estimate of drug-likeness (QED) is 0.674. The molecule has 0 bridgehead atoms. The third kappa shape index (κ3) is 4.24. The van der Waals surface area contributed by atoms with E-state index in [1.54, 1.807) is 10.4 Å². The van der Waals surface area contributed by atoms with E-state index >= 15 is 0 Å². The first kappa shape index (κ1) is 18.6. The summed E-state index contributed by atoms with van der Waals surface area (Å²) in [6.45, 7) is 15.5. The van der Waals surface area contributed by atoms with Crippen LogP contribution in [0.3, 0.4) is 0 Å². The minimum absolute atomic E-state index is 0.215. The van der Waals surface area contributed by atoms with E-state index in [9.17, 15) is 0 Å². The van der Waals surface area contributed by atoms with Gasteiger partial charge in [-0.05, 0) is 0 Å². The Morgan fingerprint density at radius 1 is 0.696 bits per heavy atom. The first-order valence-corrected chi connectivity index (χ1v) is 19.2. The summed E-state index contributed by atoms with van der Waals surface area (Å²) in [4.78, 5) is 0.920. The molecule has 2 aromatic rings. The monoisotopic (exact) mass is 369 g/mol. The lowest BCUT2D eigenvalue weighted by molar-refractivity contribution is 1.46. The van der Waals surface area contributed by atoms with Crippen molar-refractivity contribution in [1.82, 2.24) is 0 Å². The van der Waals surface area contributed by atoms with Gasteiger partial charge in [-0.1, -0.05) is 115 Å². The van der Waals surface area contributed by atoms with Crippen LogP contribution in [0.1, 0.15) is 0 Å². The van der Waals surface area contributed by atoms with Gasteiger partial charge in [-0.3, -0.25) is 0 Å². The third-order valence-corrected chi connectivity index (χ3v) is 26.2. The van der Waals surface area contributed by atoms with Gasteiger partial charge in [0.25, 0.3) is 0 Å². The minimum atomic E-state index is -1.49. The predicted octanol–water partition coefficient (Wildman–Crippen LogP) is 4.04. The van der Waals surface area contributed by atoms with Crippen LogP contribution in [0, 0.1) is 0 Å². The Labute approximate surface area is 148 Å². The Kier molecular flexibility index (Phi) is 6.05. The molecule has 0 nitrogen and oxygen atoms in total. The third-order valence-electron chi connectivity index (χ3n) is 4.91. The molecule has 2 rings (SSSR count). The molecule has 0 aliphatic rings. The van der Waals surface area contributed by atoms with Crippen LogP contribution in [0.15, 0.2) is 60.7 Å². The molecule has 23 heavy (non-hydrogen) atoms. The molecule has 0 atom stereocenters. The molecule has 0 aromatic heterocycles. The summed E-state index contributed by atoms with van der Waals surface area (Å²) < 4.78 is 0. The Morgan fingerprint density at radius 2 is 1.04 bits per heavy atom. The minimum Gasteiger partial charge on any atom is -0.0737 e. The van der Waals surface area contributed by atoms with Crippen molar-refractivity contribution in [2.75, 3.05) is 0 Å². The number of benzene rings is 2. The molecule has 3 radical (unpaired) electrons. The number of hydrogen-bond donors (Lipinski definition) is 0. The lowest BCUT2D eigenvalue weighted by atomic mass is 10.4. The molecule has 0 amide bonds. The van der Waals surface area contributed by atoms with E-state index in [0.717, 1.165) is 13.8 Å². The van der Waals surface area contributed by atoms with Crippen molar-refractivity contribution in [1.29, 1.82) is 0 Å². The van der Waals surface area contributed by atoms with Crippen LogP contribution < -0.4 is 10.4 Å². The summed E-state index contributed by atoms with van der Waals surface area (Å²) in [6.07, 6.45) is 0. The fourth-order valence-electron chi connectivity index (χ4n) is 3.62. The van der Waals surface area contributed by atoms with Crippen LogP contribution >= 0.6 is 0 Å². The maximum atomic E-state index is 2.61. The van der Waals surface area contributed by atoms with Gasteiger partial charge in [0.1, 0.15) is 0 Å². The van der Waals surface area contributed by atoms with Crippen molar-refractivity contribution in [3.8, 4) is 0 Å². The summed E-state index contributed by atoms with van der Waals surface area (Å²) >= 11 is 0. The SMILES string of the molecule is C[Si](C)[Si]C([Si](C)(C)c1ccccc1)[Si](C)(C)c1ccccc1. The largest absolute Gasteiger partial charge is 0.0782 e. The average Bonchev–Trinajstić information content (AvgIpc) is 2.54. The van der Waals surface area contributed by atoms with E-state index in [-0.39, 0.29) is 8.31 Å². The van der Waals surface area contributed by atoms with Crippen molar-refractivity contribution in [3.63, 3.8) is 0 Å². The Balaban J connectivity index is 2.48. The van der Waals surface area contributed by atoms with Crippen LogP contribution in [0.2, 0.25) is 44.1 Å². The Hall–Kier alpha value is -0.692. The molecule has 4 heteroatoms. The van der Waals surface area contributed by atoms with Gasteiger partial charge in [-0.15, -0.1) is 0 Å². The fourth-order valence-corrected chi connectivity index (χ4v) is 32.5. The first-order valence-electron chi connectivity index (χ1n) is 8.44. The van der Waals surface area contributed by atoms with Crippen molar-refractivity contribution in [3.05, 3.63) is 60.7 Å². The molecule has 0 saturated heterocycles. The van der Waals surface area contributed by atoms with Crippen molar-refractivity contribution in [2.24, 2.45) is 0 Å². The summed E-state index contributed by atoms with van der Waals surface area (Å²) in [7, 11) is -2.04. The van der Waals surface area contributed by atoms with Crippen LogP contribution in [-0.2, 0) is 0 Å². The Bertz CT molecular complexity index is 554. The first-order chi connectivity index (χ1) is 10.8. The molecule has 0 unspecified atom stereocenters. The smallest absolute Gasteiger partial charge is 0.0737 e. The Morgan fingerprint density at radius 3 is 1.35 bits per heavy atom. The van der Waals surface area contributed by atoms with Crippen LogP contribution in [0.4, 0.5) is 0 Å². The second-order valence-electron chi connectivity index (χ2n) is 7.75. The van der Waals surface area contributed by atoms with E-state index in [2.05, 4.69) is 99.9 Å². The molecular weight excluding hydrogens is 341 g/mol. The summed E-state index contributed by atoms with van der Waals surface area (Å²) in [5.74, 6) is 0. The highest BCUT2D eigenvalue weighted by atomic mass is 29.2. The summed E-state index contributed by atoms with van der Waals surface area (Å²) in [5.41, 5.74) is 0. The van der Waals surface area contributed by atoms with E-state index in [1.165, 1.54) is 0 Å². The normalized spacial score (nSPS) is 12.9. The van der Waals surface area contributed by atoms with Crippen molar-refractivity contribution >= 4 is 43.9 Å². The van der Waals surface area contributed by atoms with Gasteiger partial charge in [0.05, 0.1) is 16.1 Å². The van der Waals surface area contributed by atoms with Gasteiger partial charge in [-0.25, -0.2) is 0 Å². The fraction of sp³-hybridized carbons (Fsp3) is 0.368. The van der Waals surface area contributed by atoms with E-state index in [4.69, 9.17) is 0 Å². The maximum Gasteiger partial charge on any atom is 0.0782 e. The molecule has 0 N–H and O–H groups in total. The molecular formula is C19H29Si4. The molecule has 0 fully saturated rings. The lowest BCUT2D eigenvalue weighted by Gasteiger charge is -2.43. The zero-order valence-corrected chi connectivity index (χ0v) is 19.4. The molecule has 121 valence electrons.